The summed E-state index contributed by atoms with van der Waals surface area (Å²) in [4.78, 5) is 31.3. The van der Waals surface area contributed by atoms with Gasteiger partial charge in [-0.1, -0.05) is 31.2 Å². The Morgan fingerprint density at radius 3 is 2.63 bits per heavy atom. The van der Waals surface area contributed by atoms with Crippen molar-refractivity contribution in [1.29, 1.82) is 5.26 Å². The van der Waals surface area contributed by atoms with Crippen LogP contribution in [-0.2, 0) is 33.0 Å². The third-order valence-corrected chi connectivity index (χ3v) is 9.75. The minimum Gasteiger partial charge on any atom is -0.460 e. The van der Waals surface area contributed by atoms with Gasteiger partial charge in [0.05, 0.1) is 34.6 Å². The lowest BCUT2D eigenvalue weighted by Crippen LogP contribution is -2.42. The van der Waals surface area contributed by atoms with Gasteiger partial charge in [-0.25, -0.2) is 18.6 Å². The number of nitriles is 1. The Morgan fingerprint density at radius 1 is 1.17 bits per heavy atom. The topological polar surface area (TPSA) is 146 Å². The summed E-state index contributed by atoms with van der Waals surface area (Å²) in [5.74, 6) is -2.82. The van der Waals surface area contributed by atoms with Gasteiger partial charge >= 0.3 is 12.1 Å². The number of amides is 1. The van der Waals surface area contributed by atoms with Gasteiger partial charge in [-0.2, -0.15) is 9.83 Å². The smallest absolute Gasteiger partial charge is 0.416 e. The standard InChI is InChI=1S/C37H38F2N7O5S/c1-23-7-6-8-33(29(23)18-50-34(47)17-41-4)44(5)36(48)51-25(3)45-21-42-46(22-45)20-37(49,30-15-28(38)13-14-31(30)39)24(2)35-43-32(19-52-35)27-11-9-26(16-40)10-12-27/h6-15,19,21-22,24-25,41,49H,17-18,20H2,1-5H3/q+1. The highest BCUT2D eigenvalue weighted by Crippen LogP contribution is 2.41. The molecule has 3 unspecified atom stereocenters. The Morgan fingerprint density at radius 2 is 1.92 bits per heavy atom. The Bertz CT molecular complexity index is 2100. The maximum Gasteiger partial charge on any atom is 0.416 e. The van der Waals surface area contributed by atoms with Gasteiger partial charge in [0.25, 0.3) is 6.33 Å². The van der Waals surface area contributed by atoms with Crippen LogP contribution in [0.3, 0.4) is 0 Å². The van der Waals surface area contributed by atoms with E-state index in [9.17, 15) is 19.1 Å². The first-order valence-electron chi connectivity index (χ1n) is 16.2. The number of benzene rings is 3. The number of likely N-dealkylation sites (N-methyl/N-ethyl adjacent to an activating group) is 1. The zero-order valence-electron chi connectivity index (χ0n) is 29.2. The number of hydrogen-bond donors (Lipinski definition) is 2. The lowest BCUT2D eigenvalue weighted by molar-refractivity contribution is -0.753. The van der Waals surface area contributed by atoms with Crippen molar-refractivity contribution >= 4 is 29.1 Å². The number of aromatic nitrogens is 4. The lowest BCUT2D eigenvalue weighted by Gasteiger charge is -2.32. The van der Waals surface area contributed by atoms with E-state index in [2.05, 4.69) is 16.5 Å². The third-order valence-electron chi connectivity index (χ3n) is 8.73. The third kappa shape index (κ3) is 8.31. The average Bonchev–Trinajstić information content (AvgIpc) is 3.82. The molecule has 0 aliphatic carbocycles. The van der Waals surface area contributed by atoms with E-state index in [1.54, 1.807) is 62.7 Å². The number of aliphatic hydroxyl groups is 1. The number of anilines is 1. The van der Waals surface area contributed by atoms with E-state index in [4.69, 9.17) is 19.7 Å². The normalized spacial score (nSPS) is 13.4. The minimum absolute atomic E-state index is 0.0395. The van der Waals surface area contributed by atoms with Gasteiger partial charge in [0.15, 0.2) is 0 Å². The van der Waals surface area contributed by atoms with Gasteiger partial charge in [0.2, 0.25) is 12.6 Å². The van der Waals surface area contributed by atoms with E-state index < -0.39 is 41.4 Å². The van der Waals surface area contributed by atoms with Gasteiger partial charge in [-0.15, -0.1) is 16.0 Å². The Balaban J connectivity index is 1.36. The monoisotopic (exact) mass is 730 g/mol. The van der Waals surface area contributed by atoms with Crippen molar-refractivity contribution < 1.29 is 37.5 Å². The number of rotatable bonds is 13. The lowest BCUT2D eigenvalue weighted by atomic mass is 9.82. The molecule has 0 saturated carbocycles. The van der Waals surface area contributed by atoms with E-state index in [-0.39, 0.29) is 25.3 Å². The number of carbonyl (C=O) groups is 2. The Labute approximate surface area is 303 Å². The van der Waals surface area contributed by atoms with Crippen LogP contribution in [0.5, 0.6) is 0 Å². The summed E-state index contributed by atoms with van der Waals surface area (Å²) >= 11 is 1.25. The van der Waals surface area contributed by atoms with Gasteiger partial charge < -0.3 is 19.9 Å². The summed E-state index contributed by atoms with van der Waals surface area (Å²) in [6, 6.07) is 17.2. The van der Waals surface area contributed by atoms with Crippen molar-refractivity contribution in [2.75, 3.05) is 25.5 Å². The van der Waals surface area contributed by atoms with E-state index in [0.29, 0.717) is 27.5 Å². The summed E-state index contributed by atoms with van der Waals surface area (Å²) in [6.45, 7) is 4.83. The van der Waals surface area contributed by atoms with Crippen LogP contribution in [0.25, 0.3) is 11.3 Å². The Hall–Kier alpha value is -5.56. The molecule has 5 rings (SSSR count). The molecule has 0 bridgehead atoms. The van der Waals surface area contributed by atoms with Crippen LogP contribution >= 0.6 is 11.3 Å². The van der Waals surface area contributed by atoms with Crippen molar-refractivity contribution in [1.82, 2.24) is 20.1 Å². The molecule has 15 heteroatoms. The van der Waals surface area contributed by atoms with Crippen LogP contribution in [0.2, 0.25) is 0 Å². The molecular weight excluding hydrogens is 693 g/mol. The van der Waals surface area contributed by atoms with Gasteiger partial charge in [0, 0.05) is 47.1 Å². The minimum atomic E-state index is -2.03. The SMILES string of the molecule is CNCC(=O)OCc1c(C)cccc1N(C)C(=O)OC(C)[n+]1cnn(CC(O)(c2cc(F)ccc2F)C(C)c2nc(-c3ccc(C#N)cc3)cs2)c1. The second-order valence-corrected chi connectivity index (χ2v) is 13.1. The van der Waals surface area contributed by atoms with E-state index >= 15 is 4.39 Å². The van der Waals surface area contributed by atoms with Crippen LogP contribution in [0.15, 0.2) is 78.7 Å². The highest BCUT2D eigenvalue weighted by atomic mass is 32.1. The van der Waals surface area contributed by atoms with Crippen LogP contribution in [0.4, 0.5) is 19.3 Å². The molecule has 0 radical (unpaired) electrons. The molecule has 2 N–H and O–H groups in total. The number of nitrogens with one attached hydrogen (secondary N) is 1. The zero-order valence-corrected chi connectivity index (χ0v) is 30.0. The first kappa shape index (κ1) is 37.7. The molecule has 2 heterocycles. The molecule has 270 valence electrons. The van der Waals surface area contributed by atoms with E-state index in [1.165, 1.54) is 45.2 Å². The van der Waals surface area contributed by atoms with Gasteiger partial charge in [0.1, 0.15) is 30.4 Å². The highest BCUT2D eigenvalue weighted by molar-refractivity contribution is 7.10. The number of ether oxygens (including phenoxy) is 2. The summed E-state index contributed by atoms with van der Waals surface area (Å²) in [5.41, 5.74) is 1.50. The number of halogens is 2. The molecule has 3 aromatic carbocycles. The maximum absolute atomic E-state index is 15.4. The molecule has 52 heavy (non-hydrogen) atoms. The maximum atomic E-state index is 15.4. The predicted molar refractivity (Wildman–Crippen MR) is 188 cm³/mol. The molecule has 0 saturated heterocycles. The number of thiazole rings is 1. The average molecular weight is 731 g/mol. The Kier molecular flexibility index (Phi) is 11.7. The molecule has 0 fully saturated rings. The first-order valence-corrected chi connectivity index (χ1v) is 17.1. The van der Waals surface area contributed by atoms with Crippen molar-refractivity contribution in [3.63, 3.8) is 0 Å². The molecule has 0 aliphatic heterocycles. The molecule has 1 amide bonds. The predicted octanol–water partition coefficient (Wildman–Crippen LogP) is 5.50. The fraction of sp³-hybridized carbons (Fsp3) is 0.297. The first-order chi connectivity index (χ1) is 24.8. The van der Waals surface area contributed by atoms with Crippen LogP contribution in [0, 0.1) is 29.9 Å². The highest BCUT2D eigenvalue weighted by Gasteiger charge is 2.43. The molecule has 12 nitrogen and oxygen atoms in total. The molecule has 5 aromatic rings. The summed E-state index contributed by atoms with van der Waals surface area (Å²) in [7, 11) is 3.17. The van der Waals surface area contributed by atoms with Crippen molar-refractivity contribution in [2.24, 2.45) is 0 Å². The largest absolute Gasteiger partial charge is 0.460 e. The molecule has 0 spiro atoms. The molecule has 2 aromatic heterocycles. The van der Waals surface area contributed by atoms with E-state index in [1.807, 2.05) is 13.0 Å². The fourth-order valence-electron chi connectivity index (χ4n) is 5.60. The van der Waals surface area contributed by atoms with Crippen molar-refractivity contribution in [2.45, 2.75) is 51.7 Å². The number of carbonyl (C=O) groups excluding carboxylic acids is 2. The van der Waals surface area contributed by atoms with Crippen molar-refractivity contribution in [3.8, 4) is 17.3 Å². The van der Waals surface area contributed by atoms with E-state index in [0.717, 1.165) is 29.3 Å². The number of aryl methyl sites for hydroxylation is 1. The molecular formula is C37H38F2N7O5S+. The van der Waals surface area contributed by atoms with Gasteiger partial charge in [-0.05, 0) is 55.9 Å². The number of hydrogen-bond acceptors (Lipinski definition) is 10. The second-order valence-electron chi connectivity index (χ2n) is 12.2. The second kappa shape index (κ2) is 16.2. The fourth-order valence-corrected chi connectivity index (χ4v) is 6.57. The zero-order chi connectivity index (χ0) is 37.6. The van der Waals surface area contributed by atoms with Crippen LogP contribution < -0.4 is 14.8 Å². The summed E-state index contributed by atoms with van der Waals surface area (Å²) < 4.78 is 43.8. The number of nitrogens with zero attached hydrogens (tertiary/aromatic N) is 6. The van der Waals surface area contributed by atoms with Crippen LogP contribution in [0.1, 0.15) is 53.3 Å². The molecule has 0 aliphatic rings. The quantitative estimate of drug-likeness (QED) is 0.119. The van der Waals surface area contributed by atoms with Gasteiger partial charge in [-0.3, -0.25) is 9.69 Å². The number of esters is 1. The summed E-state index contributed by atoms with van der Waals surface area (Å²) in [5, 5.41) is 30.8. The molecule has 3 atom stereocenters. The summed E-state index contributed by atoms with van der Waals surface area (Å²) in [6.07, 6.45) is 1.29. The van der Waals surface area contributed by atoms with Crippen LogP contribution in [-0.4, -0.2) is 52.6 Å². The van der Waals surface area contributed by atoms with Crippen molar-refractivity contribution in [3.05, 3.63) is 118 Å².